The van der Waals surface area contributed by atoms with Gasteiger partial charge in [0.25, 0.3) is 0 Å². The third-order valence-corrected chi connectivity index (χ3v) is 4.58. The minimum Gasteiger partial charge on any atom is -0.494 e. The van der Waals surface area contributed by atoms with E-state index in [0.29, 0.717) is 30.2 Å². The Kier molecular flexibility index (Phi) is 6.89. The van der Waals surface area contributed by atoms with Crippen LogP contribution in [0.4, 0.5) is 0 Å². The summed E-state index contributed by atoms with van der Waals surface area (Å²) in [5.74, 6) is 0.998. The Bertz CT molecular complexity index is 693. The Morgan fingerprint density at radius 3 is 2.44 bits per heavy atom. The first kappa shape index (κ1) is 19.3. The van der Waals surface area contributed by atoms with E-state index in [9.17, 15) is 4.79 Å². The first-order valence-electron chi connectivity index (χ1n) is 8.60. The molecule has 25 heavy (non-hydrogen) atoms. The molecule has 0 aliphatic carbocycles. The fourth-order valence-electron chi connectivity index (χ4n) is 2.33. The van der Waals surface area contributed by atoms with Crippen LogP contribution in [0.5, 0.6) is 11.5 Å². The molecule has 0 N–H and O–H groups in total. The molecular weight excluding hydrogens is 336 g/mol. The summed E-state index contributed by atoms with van der Waals surface area (Å²) >= 11 is 5.86. The molecule has 3 nitrogen and oxygen atoms in total. The van der Waals surface area contributed by atoms with Crippen molar-refractivity contribution < 1.29 is 14.3 Å². The van der Waals surface area contributed by atoms with Crippen molar-refractivity contribution in [1.29, 1.82) is 0 Å². The summed E-state index contributed by atoms with van der Waals surface area (Å²) in [7, 11) is 0. The molecule has 0 aliphatic rings. The van der Waals surface area contributed by atoms with E-state index >= 15 is 0 Å². The Balaban J connectivity index is 1.73. The molecule has 0 atom stereocenters. The van der Waals surface area contributed by atoms with Gasteiger partial charge in [-0.15, -0.1) is 0 Å². The zero-order valence-corrected chi connectivity index (χ0v) is 15.8. The first-order chi connectivity index (χ1) is 11.9. The highest BCUT2D eigenvalue weighted by Gasteiger charge is 2.17. The minimum atomic E-state index is -0.286. The zero-order chi connectivity index (χ0) is 18.3. The lowest BCUT2D eigenvalue weighted by Crippen LogP contribution is -2.15. The Morgan fingerprint density at radius 2 is 1.80 bits per heavy atom. The number of hydrogen-bond donors (Lipinski definition) is 0. The van der Waals surface area contributed by atoms with Gasteiger partial charge in [0, 0.05) is 11.4 Å². The number of carbonyl (C=O) groups is 1. The summed E-state index contributed by atoms with van der Waals surface area (Å²) in [4.78, 5) is 11.8. The topological polar surface area (TPSA) is 35.5 Å². The largest absolute Gasteiger partial charge is 0.494 e. The SMILES string of the molecule is CCC(C)(C)c1ccc(OCCCC(=O)Oc2cccc(Cl)c2)cc1. The maximum absolute atomic E-state index is 11.8. The van der Waals surface area contributed by atoms with Gasteiger partial charge < -0.3 is 9.47 Å². The van der Waals surface area contributed by atoms with E-state index in [4.69, 9.17) is 21.1 Å². The van der Waals surface area contributed by atoms with Crippen LogP contribution in [0, 0.1) is 0 Å². The number of benzene rings is 2. The standard InChI is InChI=1S/C21H25ClO3/c1-4-21(2,3)16-10-12-18(13-11-16)24-14-6-9-20(23)25-19-8-5-7-17(22)15-19/h5,7-8,10-13,15H,4,6,9,14H2,1-3H3. The van der Waals surface area contributed by atoms with Crippen LogP contribution in [-0.4, -0.2) is 12.6 Å². The molecule has 2 aromatic rings. The summed E-state index contributed by atoms with van der Waals surface area (Å²) in [6.07, 6.45) is 1.98. The average Bonchev–Trinajstić information content (AvgIpc) is 2.59. The zero-order valence-electron chi connectivity index (χ0n) is 15.0. The van der Waals surface area contributed by atoms with Crippen molar-refractivity contribution in [2.45, 2.75) is 45.4 Å². The highest BCUT2D eigenvalue weighted by atomic mass is 35.5. The van der Waals surface area contributed by atoms with Crippen molar-refractivity contribution in [3.05, 3.63) is 59.1 Å². The van der Waals surface area contributed by atoms with Gasteiger partial charge in [-0.25, -0.2) is 0 Å². The monoisotopic (exact) mass is 360 g/mol. The van der Waals surface area contributed by atoms with Gasteiger partial charge in [-0.1, -0.05) is 50.6 Å². The van der Waals surface area contributed by atoms with Crippen molar-refractivity contribution in [3.8, 4) is 11.5 Å². The van der Waals surface area contributed by atoms with Crippen molar-refractivity contribution in [2.75, 3.05) is 6.61 Å². The second kappa shape index (κ2) is 8.91. The second-order valence-electron chi connectivity index (χ2n) is 6.65. The molecule has 0 spiro atoms. The van der Waals surface area contributed by atoms with Crippen molar-refractivity contribution in [1.82, 2.24) is 0 Å². The quantitative estimate of drug-likeness (QED) is 0.339. The van der Waals surface area contributed by atoms with Crippen LogP contribution in [0.15, 0.2) is 48.5 Å². The minimum absolute atomic E-state index is 0.169. The molecule has 134 valence electrons. The molecule has 0 aliphatic heterocycles. The van der Waals surface area contributed by atoms with Gasteiger partial charge in [0.1, 0.15) is 11.5 Å². The molecule has 0 saturated carbocycles. The van der Waals surface area contributed by atoms with Crippen LogP contribution >= 0.6 is 11.6 Å². The van der Waals surface area contributed by atoms with E-state index in [0.717, 1.165) is 12.2 Å². The first-order valence-corrected chi connectivity index (χ1v) is 8.98. The normalized spacial score (nSPS) is 11.2. The molecule has 4 heteroatoms. The van der Waals surface area contributed by atoms with Crippen LogP contribution in [0.3, 0.4) is 0 Å². The van der Waals surface area contributed by atoms with Crippen molar-refractivity contribution >= 4 is 17.6 Å². The van der Waals surface area contributed by atoms with E-state index in [1.165, 1.54) is 5.56 Å². The summed E-state index contributed by atoms with van der Waals surface area (Å²) in [6.45, 7) is 7.12. The molecule has 0 bridgehead atoms. The fourth-order valence-corrected chi connectivity index (χ4v) is 2.51. The fraction of sp³-hybridized carbons (Fsp3) is 0.381. The van der Waals surface area contributed by atoms with Gasteiger partial charge in [0.05, 0.1) is 6.61 Å². The lowest BCUT2D eigenvalue weighted by atomic mass is 9.82. The predicted octanol–water partition coefficient (Wildman–Crippen LogP) is 5.79. The van der Waals surface area contributed by atoms with Crippen LogP contribution in [0.2, 0.25) is 5.02 Å². The average molecular weight is 361 g/mol. The number of ether oxygens (including phenoxy) is 2. The number of hydrogen-bond acceptors (Lipinski definition) is 3. The third kappa shape index (κ3) is 6.09. The van der Waals surface area contributed by atoms with Crippen LogP contribution in [0.1, 0.15) is 45.6 Å². The molecular formula is C21H25ClO3. The molecule has 0 fully saturated rings. The Morgan fingerprint density at radius 1 is 1.08 bits per heavy atom. The summed E-state index contributed by atoms with van der Waals surface area (Å²) in [5.41, 5.74) is 1.47. The van der Waals surface area contributed by atoms with Crippen LogP contribution in [-0.2, 0) is 10.2 Å². The van der Waals surface area contributed by atoms with Gasteiger partial charge in [-0.3, -0.25) is 4.79 Å². The van der Waals surface area contributed by atoms with Crippen LogP contribution in [0.25, 0.3) is 0 Å². The van der Waals surface area contributed by atoms with Gasteiger partial charge in [0.15, 0.2) is 0 Å². The molecule has 2 rings (SSSR count). The molecule has 0 aromatic heterocycles. The summed E-state index contributed by atoms with van der Waals surface area (Å²) in [5, 5.41) is 0.545. The van der Waals surface area contributed by atoms with Crippen molar-refractivity contribution in [2.24, 2.45) is 0 Å². The number of halogens is 1. The summed E-state index contributed by atoms with van der Waals surface area (Å²) < 4.78 is 10.9. The van der Waals surface area contributed by atoms with E-state index in [1.807, 2.05) is 12.1 Å². The lowest BCUT2D eigenvalue weighted by Gasteiger charge is -2.23. The third-order valence-electron chi connectivity index (χ3n) is 4.34. The number of rotatable bonds is 8. The molecule has 0 heterocycles. The highest BCUT2D eigenvalue weighted by Crippen LogP contribution is 2.28. The van der Waals surface area contributed by atoms with Gasteiger partial charge in [0.2, 0.25) is 0 Å². The Hall–Kier alpha value is -2.00. The second-order valence-corrected chi connectivity index (χ2v) is 7.08. The lowest BCUT2D eigenvalue weighted by molar-refractivity contribution is -0.134. The molecule has 0 unspecified atom stereocenters. The van der Waals surface area contributed by atoms with Crippen LogP contribution < -0.4 is 9.47 Å². The smallest absolute Gasteiger partial charge is 0.311 e. The van der Waals surface area contributed by atoms with E-state index in [1.54, 1.807) is 24.3 Å². The van der Waals surface area contributed by atoms with Gasteiger partial charge in [-0.2, -0.15) is 0 Å². The molecule has 0 saturated heterocycles. The molecule has 0 radical (unpaired) electrons. The van der Waals surface area contributed by atoms with Gasteiger partial charge in [-0.05, 0) is 54.2 Å². The maximum Gasteiger partial charge on any atom is 0.311 e. The van der Waals surface area contributed by atoms with E-state index in [2.05, 4.69) is 32.9 Å². The Labute approximate surface area is 154 Å². The number of esters is 1. The molecule has 2 aromatic carbocycles. The number of carbonyl (C=O) groups excluding carboxylic acids is 1. The van der Waals surface area contributed by atoms with E-state index < -0.39 is 0 Å². The predicted molar refractivity (Wildman–Crippen MR) is 102 cm³/mol. The van der Waals surface area contributed by atoms with Gasteiger partial charge >= 0.3 is 5.97 Å². The summed E-state index contributed by atoms with van der Waals surface area (Å²) in [6, 6.07) is 15.0. The van der Waals surface area contributed by atoms with Crippen molar-refractivity contribution in [3.63, 3.8) is 0 Å². The van der Waals surface area contributed by atoms with E-state index in [-0.39, 0.29) is 11.4 Å². The maximum atomic E-state index is 11.8. The highest BCUT2D eigenvalue weighted by molar-refractivity contribution is 6.30. The molecule has 0 amide bonds.